The first kappa shape index (κ1) is 21.7. The first-order chi connectivity index (χ1) is 13.5. The van der Waals surface area contributed by atoms with Gasteiger partial charge in [0, 0.05) is 21.3 Å². The van der Waals surface area contributed by atoms with Gasteiger partial charge in [0.15, 0.2) is 0 Å². The highest BCUT2D eigenvalue weighted by Gasteiger charge is 2.21. The molecule has 2 aromatic carbocycles. The molecule has 7 heteroatoms. The molecule has 0 unspecified atom stereocenters. The van der Waals surface area contributed by atoms with Crippen molar-refractivity contribution in [2.45, 2.75) is 19.3 Å². The topological polar surface area (TPSA) is 83.5 Å². The molecule has 0 fully saturated rings. The SMILES string of the molecule is COC(=O)c1cc2c(cc1O)CCc1cc(OC)ccc1-2.COC(OC)OC. The number of ether oxygens (including phenoxy) is 5. The minimum atomic E-state index is -0.532. The highest BCUT2D eigenvalue weighted by molar-refractivity contribution is 5.95. The second-order valence-electron chi connectivity index (χ2n) is 6.04. The number of carbonyl (C=O) groups excluding carboxylic acids is 1. The van der Waals surface area contributed by atoms with Crippen LogP contribution in [0.2, 0.25) is 0 Å². The summed E-state index contributed by atoms with van der Waals surface area (Å²) in [6, 6.07) is 9.28. The van der Waals surface area contributed by atoms with Crippen molar-refractivity contribution in [1.82, 2.24) is 0 Å². The van der Waals surface area contributed by atoms with E-state index in [0.717, 1.165) is 35.3 Å². The van der Waals surface area contributed by atoms with Crippen molar-refractivity contribution < 1.29 is 33.6 Å². The van der Waals surface area contributed by atoms with Crippen LogP contribution in [0.5, 0.6) is 11.5 Å². The molecule has 1 aliphatic carbocycles. The van der Waals surface area contributed by atoms with E-state index in [0.29, 0.717) is 0 Å². The summed E-state index contributed by atoms with van der Waals surface area (Å²) in [7, 11) is 7.49. The number of rotatable bonds is 5. The Morgan fingerprint density at radius 2 is 1.50 bits per heavy atom. The molecule has 3 rings (SSSR count). The van der Waals surface area contributed by atoms with Crippen LogP contribution in [0.4, 0.5) is 0 Å². The van der Waals surface area contributed by atoms with Crippen molar-refractivity contribution in [3.8, 4) is 22.6 Å². The maximum absolute atomic E-state index is 11.7. The molecular formula is C21H26O7. The van der Waals surface area contributed by atoms with Crippen molar-refractivity contribution in [3.05, 3.63) is 47.0 Å². The lowest BCUT2D eigenvalue weighted by atomic mass is 9.84. The van der Waals surface area contributed by atoms with Crippen molar-refractivity contribution in [2.24, 2.45) is 0 Å². The quantitative estimate of drug-likeness (QED) is 0.620. The van der Waals surface area contributed by atoms with Gasteiger partial charge in [-0.25, -0.2) is 4.79 Å². The lowest BCUT2D eigenvalue weighted by molar-refractivity contribution is -0.252. The Morgan fingerprint density at radius 3 is 2.00 bits per heavy atom. The summed E-state index contributed by atoms with van der Waals surface area (Å²) in [5.41, 5.74) is 4.46. The monoisotopic (exact) mass is 390 g/mol. The van der Waals surface area contributed by atoms with Gasteiger partial charge in [-0.05, 0) is 59.4 Å². The third-order valence-corrected chi connectivity index (χ3v) is 4.47. The van der Waals surface area contributed by atoms with Gasteiger partial charge in [0.05, 0.1) is 14.2 Å². The Balaban J connectivity index is 0.000000345. The molecule has 2 aromatic rings. The number of esters is 1. The summed E-state index contributed by atoms with van der Waals surface area (Å²) in [6.45, 7) is -0.514. The van der Waals surface area contributed by atoms with Gasteiger partial charge in [0.2, 0.25) is 0 Å². The third-order valence-electron chi connectivity index (χ3n) is 4.47. The Labute approximate surface area is 164 Å². The standard InChI is InChI=1S/C17H16O4.C4H10O3/c1-20-12-5-6-13-10(7-12)3-4-11-8-16(18)15(9-14(11)13)17(19)21-2;1-5-4(6-2)7-3/h5-9,18H,3-4H2,1-2H3;4H,1-3H3. The van der Waals surface area contributed by atoms with Gasteiger partial charge in [-0.15, -0.1) is 0 Å². The molecule has 0 saturated heterocycles. The van der Waals surface area contributed by atoms with Crippen molar-refractivity contribution in [3.63, 3.8) is 0 Å². The fourth-order valence-electron chi connectivity index (χ4n) is 3.09. The summed E-state index contributed by atoms with van der Waals surface area (Å²) >= 11 is 0. The average Bonchev–Trinajstić information content (AvgIpc) is 2.73. The van der Waals surface area contributed by atoms with Crippen LogP contribution in [-0.4, -0.2) is 53.1 Å². The summed E-state index contributed by atoms with van der Waals surface area (Å²) in [5.74, 6) is 0.262. The molecule has 0 aromatic heterocycles. The van der Waals surface area contributed by atoms with Gasteiger partial charge in [-0.2, -0.15) is 0 Å². The van der Waals surface area contributed by atoms with E-state index >= 15 is 0 Å². The number of hydrogen-bond donors (Lipinski definition) is 1. The fourth-order valence-corrected chi connectivity index (χ4v) is 3.09. The second-order valence-corrected chi connectivity index (χ2v) is 6.04. The number of fused-ring (bicyclic) bond motifs is 3. The molecular weight excluding hydrogens is 364 g/mol. The molecule has 0 heterocycles. The zero-order valence-corrected chi connectivity index (χ0v) is 16.8. The van der Waals surface area contributed by atoms with E-state index < -0.39 is 12.4 Å². The summed E-state index contributed by atoms with van der Waals surface area (Å²) in [5, 5.41) is 9.98. The Morgan fingerprint density at radius 1 is 0.893 bits per heavy atom. The summed E-state index contributed by atoms with van der Waals surface area (Å²) in [6.07, 6.45) is 1.71. The number of hydrogen-bond acceptors (Lipinski definition) is 7. The smallest absolute Gasteiger partial charge is 0.341 e. The summed E-state index contributed by atoms with van der Waals surface area (Å²) in [4.78, 5) is 11.7. The molecule has 152 valence electrons. The second kappa shape index (κ2) is 10.1. The molecule has 1 aliphatic rings. The van der Waals surface area contributed by atoms with Crippen LogP contribution in [0.25, 0.3) is 11.1 Å². The molecule has 0 spiro atoms. The van der Waals surface area contributed by atoms with E-state index in [4.69, 9.17) is 9.47 Å². The van der Waals surface area contributed by atoms with Crippen molar-refractivity contribution in [1.29, 1.82) is 0 Å². The zero-order chi connectivity index (χ0) is 20.7. The number of benzene rings is 2. The molecule has 28 heavy (non-hydrogen) atoms. The molecule has 7 nitrogen and oxygen atoms in total. The van der Waals surface area contributed by atoms with Crippen LogP contribution in [0.15, 0.2) is 30.3 Å². The van der Waals surface area contributed by atoms with Crippen LogP contribution in [0.3, 0.4) is 0 Å². The zero-order valence-electron chi connectivity index (χ0n) is 16.8. The number of aryl methyl sites for hydroxylation is 2. The largest absolute Gasteiger partial charge is 0.507 e. The number of aromatic hydroxyl groups is 1. The number of phenols is 1. The van der Waals surface area contributed by atoms with Gasteiger partial charge < -0.3 is 28.8 Å². The highest BCUT2D eigenvalue weighted by atomic mass is 16.8. The van der Waals surface area contributed by atoms with Crippen LogP contribution < -0.4 is 4.74 Å². The maximum Gasteiger partial charge on any atom is 0.341 e. The maximum atomic E-state index is 11.7. The third kappa shape index (κ3) is 4.81. The van der Waals surface area contributed by atoms with Gasteiger partial charge >= 0.3 is 5.97 Å². The Bertz CT molecular complexity index is 807. The lowest BCUT2D eigenvalue weighted by Crippen LogP contribution is -2.14. The molecule has 0 atom stereocenters. The minimum absolute atomic E-state index is 0.0300. The van der Waals surface area contributed by atoms with Gasteiger partial charge in [0.25, 0.3) is 6.48 Å². The van der Waals surface area contributed by atoms with Gasteiger partial charge in [-0.3, -0.25) is 0 Å². The number of carbonyl (C=O) groups is 1. The van der Waals surface area contributed by atoms with Crippen LogP contribution in [-0.2, 0) is 31.8 Å². The van der Waals surface area contributed by atoms with Gasteiger partial charge in [0.1, 0.15) is 17.1 Å². The predicted molar refractivity (Wildman–Crippen MR) is 104 cm³/mol. The first-order valence-corrected chi connectivity index (χ1v) is 8.68. The van der Waals surface area contributed by atoms with Crippen molar-refractivity contribution in [2.75, 3.05) is 35.5 Å². The minimum Gasteiger partial charge on any atom is -0.507 e. The van der Waals surface area contributed by atoms with Gasteiger partial charge in [-0.1, -0.05) is 6.07 Å². The summed E-state index contributed by atoms with van der Waals surface area (Å²) < 4.78 is 23.8. The van der Waals surface area contributed by atoms with E-state index in [1.54, 1.807) is 19.2 Å². The molecule has 0 amide bonds. The normalized spacial score (nSPS) is 11.8. The Hall–Kier alpha value is -2.61. The lowest BCUT2D eigenvalue weighted by Gasteiger charge is -2.21. The number of phenolic OH excluding ortho intramolecular Hbond substituents is 1. The first-order valence-electron chi connectivity index (χ1n) is 8.68. The van der Waals surface area contributed by atoms with E-state index in [-0.39, 0.29) is 11.3 Å². The Kier molecular flexibility index (Phi) is 7.80. The predicted octanol–water partition coefficient (Wildman–Crippen LogP) is 3.16. The fraction of sp³-hybridized carbons (Fsp3) is 0.381. The molecule has 0 aliphatic heterocycles. The van der Waals surface area contributed by atoms with E-state index in [1.165, 1.54) is 34.0 Å². The van der Waals surface area contributed by atoms with E-state index in [9.17, 15) is 9.90 Å². The average molecular weight is 390 g/mol. The van der Waals surface area contributed by atoms with Crippen LogP contribution in [0.1, 0.15) is 21.5 Å². The van der Waals surface area contributed by atoms with Crippen LogP contribution >= 0.6 is 0 Å². The molecule has 0 bridgehead atoms. The van der Waals surface area contributed by atoms with Crippen LogP contribution in [0, 0.1) is 0 Å². The highest BCUT2D eigenvalue weighted by Crippen LogP contribution is 2.38. The van der Waals surface area contributed by atoms with E-state index in [1.807, 2.05) is 18.2 Å². The number of methoxy groups -OCH3 is 5. The molecule has 0 saturated carbocycles. The molecule has 1 N–H and O–H groups in total. The van der Waals surface area contributed by atoms with E-state index in [2.05, 4.69) is 14.2 Å². The van der Waals surface area contributed by atoms with Crippen molar-refractivity contribution >= 4 is 5.97 Å². The molecule has 0 radical (unpaired) electrons.